The van der Waals surface area contributed by atoms with Crippen molar-refractivity contribution >= 4 is 16.9 Å². The van der Waals surface area contributed by atoms with Crippen molar-refractivity contribution in [3.05, 3.63) is 64.7 Å². The SMILES string of the molecule is Cn1c(CO)nc2cc(C(=O)NC3CCCc4cccc(F)c43)ccc21. The molecule has 4 rings (SSSR count). The number of aliphatic hydroxyl groups is 1. The van der Waals surface area contributed by atoms with Crippen LogP contribution in [0.5, 0.6) is 0 Å². The Kier molecular flexibility index (Phi) is 4.20. The van der Waals surface area contributed by atoms with E-state index in [2.05, 4.69) is 10.3 Å². The van der Waals surface area contributed by atoms with Gasteiger partial charge in [-0.3, -0.25) is 4.79 Å². The average Bonchev–Trinajstić information content (AvgIpc) is 2.97. The maximum absolute atomic E-state index is 14.3. The van der Waals surface area contributed by atoms with Crippen LogP contribution in [0.4, 0.5) is 4.39 Å². The van der Waals surface area contributed by atoms with E-state index in [9.17, 15) is 14.3 Å². The second kappa shape index (κ2) is 6.53. The Hall–Kier alpha value is -2.73. The number of amides is 1. The fourth-order valence-electron chi connectivity index (χ4n) is 3.75. The molecule has 1 atom stereocenters. The average molecular weight is 353 g/mol. The molecule has 1 aliphatic rings. The highest BCUT2D eigenvalue weighted by Gasteiger charge is 2.25. The molecule has 0 fully saturated rings. The number of hydrogen-bond donors (Lipinski definition) is 2. The number of hydrogen-bond acceptors (Lipinski definition) is 3. The zero-order valence-corrected chi connectivity index (χ0v) is 14.5. The number of halogens is 1. The number of rotatable bonds is 3. The summed E-state index contributed by atoms with van der Waals surface area (Å²) in [5, 5.41) is 12.3. The van der Waals surface area contributed by atoms with Gasteiger partial charge < -0.3 is 15.0 Å². The summed E-state index contributed by atoms with van der Waals surface area (Å²) in [4.78, 5) is 17.1. The van der Waals surface area contributed by atoms with E-state index in [-0.39, 0.29) is 24.4 Å². The van der Waals surface area contributed by atoms with E-state index in [4.69, 9.17) is 0 Å². The molecular formula is C20H20FN3O2. The Morgan fingerprint density at radius 1 is 1.38 bits per heavy atom. The van der Waals surface area contributed by atoms with Gasteiger partial charge in [-0.15, -0.1) is 0 Å². The van der Waals surface area contributed by atoms with Crippen molar-refractivity contribution in [2.45, 2.75) is 31.9 Å². The van der Waals surface area contributed by atoms with Crippen LogP contribution in [-0.4, -0.2) is 20.6 Å². The molecule has 1 aromatic heterocycles. The second-order valence-electron chi connectivity index (χ2n) is 6.68. The Bertz CT molecular complexity index is 996. The first-order chi connectivity index (χ1) is 12.6. The number of carbonyl (C=O) groups excluding carboxylic acids is 1. The van der Waals surface area contributed by atoms with Gasteiger partial charge in [0.2, 0.25) is 0 Å². The van der Waals surface area contributed by atoms with E-state index < -0.39 is 0 Å². The van der Waals surface area contributed by atoms with Crippen LogP contribution >= 0.6 is 0 Å². The van der Waals surface area contributed by atoms with Crippen molar-refractivity contribution in [1.29, 1.82) is 0 Å². The molecule has 0 saturated heterocycles. The number of aliphatic hydroxyl groups excluding tert-OH is 1. The third-order valence-electron chi connectivity index (χ3n) is 5.11. The van der Waals surface area contributed by atoms with Gasteiger partial charge in [0.1, 0.15) is 18.2 Å². The highest BCUT2D eigenvalue weighted by molar-refractivity contribution is 5.97. The Morgan fingerprint density at radius 2 is 2.23 bits per heavy atom. The summed E-state index contributed by atoms with van der Waals surface area (Å²) in [5.74, 6) is 0.0327. The maximum Gasteiger partial charge on any atom is 0.251 e. The molecule has 0 radical (unpaired) electrons. The van der Waals surface area contributed by atoms with Gasteiger partial charge in [-0.1, -0.05) is 12.1 Å². The molecule has 3 aromatic rings. The van der Waals surface area contributed by atoms with Gasteiger partial charge in [0.25, 0.3) is 5.91 Å². The summed E-state index contributed by atoms with van der Waals surface area (Å²) in [6.45, 7) is -0.162. The lowest BCUT2D eigenvalue weighted by molar-refractivity contribution is 0.0932. The van der Waals surface area contributed by atoms with Gasteiger partial charge in [-0.2, -0.15) is 0 Å². The van der Waals surface area contributed by atoms with Gasteiger partial charge in [0, 0.05) is 18.2 Å². The first kappa shape index (κ1) is 16.7. The molecule has 5 nitrogen and oxygen atoms in total. The highest BCUT2D eigenvalue weighted by Crippen LogP contribution is 2.32. The molecule has 0 spiro atoms. The zero-order chi connectivity index (χ0) is 18.3. The zero-order valence-electron chi connectivity index (χ0n) is 14.5. The monoisotopic (exact) mass is 353 g/mol. The summed E-state index contributed by atoms with van der Waals surface area (Å²) in [6, 6.07) is 10.0. The fourth-order valence-corrected chi connectivity index (χ4v) is 3.75. The van der Waals surface area contributed by atoms with Gasteiger partial charge in [0.05, 0.1) is 17.1 Å². The van der Waals surface area contributed by atoms with E-state index in [1.165, 1.54) is 6.07 Å². The summed E-state index contributed by atoms with van der Waals surface area (Å²) in [6.07, 6.45) is 2.48. The first-order valence-electron chi connectivity index (χ1n) is 8.73. The summed E-state index contributed by atoms with van der Waals surface area (Å²) < 4.78 is 16.1. The minimum Gasteiger partial charge on any atom is -0.388 e. The van der Waals surface area contributed by atoms with Crippen molar-refractivity contribution in [3.63, 3.8) is 0 Å². The minimum absolute atomic E-state index is 0.162. The number of aromatic nitrogens is 2. The first-order valence-corrected chi connectivity index (χ1v) is 8.73. The number of imidazole rings is 1. The van der Waals surface area contributed by atoms with Crippen molar-refractivity contribution in [1.82, 2.24) is 14.9 Å². The maximum atomic E-state index is 14.3. The Morgan fingerprint density at radius 3 is 3.04 bits per heavy atom. The number of nitrogens with zero attached hydrogens (tertiary/aromatic N) is 2. The summed E-state index contributed by atoms with van der Waals surface area (Å²) >= 11 is 0. The molecule has 1 aliphatic carbocycles. The number of carbonyl (C=O) groups is 1. The molecule has 6 heteroatoms. The fraction of sp³-hybridized carbons (Fsp3) is 0.300. The molecule has 1 amide bonds. The lowest BCUT2D eigenvalue weighted by Gasteiger charge is -2.26. The van der Waals surface area contributed by atoms with Gasteiger partial charge in [0.15, 0.2) is 0 Å². The molecule has 2 N–H and O–H groups in total. The van der Waals surface area contributed by atoms with Crippen LogP contribution in [0.1, 0.15) is 46.2 Å². The van der Waals surface area contributed by atoms with Crippen molar-refractivity contribution in [2.24, 2.45) is 7.05 Å². The Balaban J connectivity index is 1.63. The van der Waals surface area contributed by atoms with Crippen molar-refractivity contribution in [3.8, 4) is 0 Å². The van der Waals surface area contributed by atoms with Crippen LogP contribution in [0.25, 0.3) is 11.0 Å². The number of nitrogens with one attached hydrogen (secondary N) is 1. The molecule has 1 heterocycles. The minimum atomic E-state index is -0.320. The van der Waals surface area contributed by atoms with Gasteiger partial charge >= 0.3 is 0 Å². The molecule has 2 aromatic carbocycles. The highest BCUT2D eigenvalue weighted by atomic mass is 19.1. The normalized spacial score (nSPS) is 16.5. The predicted molar refractivity (Wildman–Crippen MR) is 96.2 cm³/mol. The predicted octanol–water partition coefficient (Wildman–Crippen LogP) is 3.01. The molecule has 1 unspecified atom stereocenters. The summed E-state index contributed by atoms with van der Waals surface area (Å²) in [7, 11) is 1.82. The number of fused-ring (bicyclic) bond motifs is 2. The molecule has 0 aliphatic heterocycles. The smallest absolute Gasteiger partial charge is 0.251 e. The van der Waals surface area contributed by atoms with Crippen LogP contribution < -0.4 is 5.32 Å². The lowest BCUT2D eigenvalue weighted by Crippen LogP contribution is -2.31. The van der Waals surface area contributed by atoms with E-state index in [1.54, 1.807) is 22.8 Å². The number of benzene rings is 2. The summed E-state index contributed by atoms with van der Waals surface area (Å²) in [5.41, 5.74) is 3.55. The van der Waals surface area contributed by atoms with Crippen LogP contribution in [-0.2, 0) is 20.1 Å². The standard InChI is InChI=1S/C20H20FN3O2/c1-24-17-9-8-13(10-16(17)22-18(24)11-25)20(26)23-15-7-3-5-12-4-2-6-14(21)19(12)15/h2,4,6,8-10,15,25H,3,5,7,11H2,1H3,(H,23,26). The van der Waals surface area contributed by atoms with E-state index in [0.29, 0.717) is 22.5 Å². The molecular weight excluding hydrogens is 333 g/mol. The van der Waals surface area contributed by atoms with Crippen molar-refractivity contribution < 1.29 is 14.3 Å². The van der Waals surface area contributed by atoms with Gasteiger partial charge in [-0.25, -0.2) is 9.37 Å². The van der Waals surface area contributed by atoms with Crippen LogP contribution in [0, 0.1) is 5.82 Å². The second-order valence-corrected chi connectivity index (χ2v) is 6.68. The van der Waals surface area contributed by atoms with E-state index in [0.717, 1.165) is 30.3 Å². The number of aryl methyl sites for hydroxylation is 2. The molecule has 0 saturated carbocycles. The van der Waals surface area contributed by atoms with Crippen molar-refractivity contribution in [2.75, 3.05) is 0 Å². The third-order valence-corrected chi connectivity index (χ3v) is 5.11. The largest absolute Gasteiger partial charge is 0.388 e. The molecule has 134 valence electrons. The lowest BCUT2D eigenvalue weighted by atomic mass is 9.87. The van der Waals surface area contributed by atoms with E-state index >= 15 is 0 Å². The Labute approximate surface area is 150 Å². The molecule has 26 heavy (non-hydrogen) atoms. The quantitative estimate of drug-likeness (QED) is 0.761. The third kappa shape index (κ3) is 2.76. The van der Waals surface area contributed by atoms with Crippen LogP contribution in [0.15, 0.2) is 36.4 Å². The van der Waals surface area contributed by atoms with Gasteiger partial charge in [-0.05, 0) is 49.1 Å². The molecule has 0 bridgehead atoms. The van der Waals surface area contributed by atoms with E-state index in [1.807, 2.05) is 19.2 Å². The van der Waals surface area contributed by atoms with Crippen LogP contribution in [0.3, 0.4) is 0 Å². The topological polar surface area (TPSA) is 67.1 Å². The van der Waals surface area contributed by atoms with Crippen LogP contribution in [0.2, 0.25) is 0 Å².